The number of benzene rings is 2. The fourth-order valence-corrected chi connectivity index (χ4v) is 2.84. The van der Waals surface area contributed by atoms with Crippen LogP contribution in [-0.4, -0.2) is 41.7 Å². The highest BCUT2D eigenvalue weighted by Gasteiger charge is 2.16. The zero-order valence-electron chi connectivity index (χ0n) is 18.8. The number of aryl methyl sites for hydroxylation is 1. The van der Waals surface area contributed by atoms with Gasteiger partial charge in [-0.05, 0) is 30.0 Å². The molecule has 1 aromatic heterocycles. The number of amides is 2. The molecule has 0 saturated heterocycles. The normalized spacial score (nSPS) is 11.1. The first-order valence-corrected chi connectivity index (χ1v) is 10.4. The van der Waals surface area contributed by atoms with E-state index in [-0.39, 0.29) is 36.9 Å². The van der Waals surface area contributed by atoms with E-state index in [2.05, 4.69) is 41.5 Å². The maximum atomic E-state index is 12.2. The van der Waals surface area contributed by atoms with Crippen molar-refractivity contribution in [2.45, 2.75) is 33.1 Å². The van der Waals surface area contributed by atoms with Gasteiger partial charge in [-0.2, -0.15) is 4.98 Å². The molecule has 32 heavy (non-hydrogen) atoms. The summed E-state index contributed by atoms with van der Waals surface area (Å²) in [6.45, 7) is 8.74. The predicted octanol–water partition coefficient (Wildman–Crippen LogP) is 3.27. The average Bonchev–Trinajstić information content (AvgIpc) is 3.26. The molecule has 0 radical (unpaired) electrons. The van der Waals surface area contributed by atoms with Crippen LogP contribution in [0, 0.1) is 6.92 Å². The molecule has 8 heteroatoms. The van der Waals surface area contributed by atoms with Crippen LogP contribution in [0.15, 0.2) is 53.1 Å². The molecule has 0 unspecified atom stereocenters. The van der Waals surface area contributed by atoms with E-state index in [0.717, 1.165) is 11.1 Å². The second-order valence-corrected chi connectivity index (χ2v) is 8.46. The highest BCUT2D eigenvalue weighted by Crippen LogP contribution is 2.24. The second-order valence-electron chi connectivity index (χ2n) is 8.46. The lowest BCUT2D eigenvalue weighted by molar-refractivity contribution is -0.123. The number of rotatable bonds is 8. The Labute approximate surface area is 187 Å². The first kappa shape index (κ1) is 23.0. The maximum Gasteiger partial charge on any atom is 0.316 e. The fourth-order valence-electron chi connectivity index (χ4n) is 2.84. The summed E-state index contributed by atoms with van der Waals surface area (Å²) in [6.07, 6.45) is 0. The summed E-state index contributed by atoms with van der Waals surface area (Å²) in [5.74, 6) is 0.0613. The lowest BCUT2D eigenvalue weighted by Crippen LogP contribution is -2.36. The van der Waals surface area contributed by atoms with Crippen LogP contribution in [0.5, 0.6) is 5.75 Å². The van der Waals surface area contributed by atoms with Crippen LogP contribution in [0.25, 0.3) is 11.4 Å². The minimum Gasteiger partial charge on any atom is -0.484 e. The van der Waals surface area contributed by atoms with E-state index in [9.17, 15) is 9.59 Å². The molecule has 0 aliphatic carbocycles. The molecule has 3 rings (SSSR count). The Balaban J connectivity index is 1.37. The monoisotopic (exact) mass is 436 g/mol. The zero-order chi connectivity index (χ0) is 23.1. The van der Waals surface area contributed by atoms with Gasteiger partial charge in [0.05, 0.1) is 0 Å². The molecule has 0 saturated carbocycles. The number of aromatic nitrogens is 2. The van der Waals surface area contributed by atoms with E-state index in [4.69, 9.17) is 9.26 Å². The fraction of sp³-hybridized carbons (Fsp3) is 0.333. The summed E-state index contributed by atoms with van der Waals surface area (Å²) < 4.78 is 10.5. The quantitative estimate of drug-likeness (QED) is 0.525. The molecule has 2 N–H and O–H groups in total. The van der Waals surface area contributed by atoms with Crippen molar-refractivity contribution in [3.8, 4) is 17.1 Å². The Morgan fingerprint density at radius 2 is 1.62 bits per heavy atom. The molecule has 0 atom stereocenters. The van der Waals surface area contributed by atoms with Crippen molar-refractivity contribution in [2.24, 2.45) is 0 Å². The lowest BCUT2D eigenvalue weighted by atomic mass is 9.87. The van der Waals surface area contributed by atoms with Gasteiger partial charge in [-0.15, -0.1) is 0 Å². The lowest BCUT2D eigenvalue weighted by Gasteiger charge is -2.19. The summed E-state index contributed by atoms with van der Waals surface area (Å²) in [7, 11) is 0. The van der Waals surface area contributed by atoms with Crippen LogP contribution in [0.3, 0.4) is 0 Å². The third-order valence-electron chi connectivity index (χ3n) is 4.75. The Bertz CT molecular complexity index is 1050. The van der Waals surface area contributed by atoms with Gasteiger partial charge in [0.15, 0.2) is 6.61 Å². The molecule has 0 aliphatic heterocycles. The molecular weight excluding hydrogens is 408 g/mol. The van der Waals surface area contributed by atoms with Gasteiger partial charge < -0.3 is 19.9 Å². The highest BCUT2D eigenvalue weighted by molar-refractivity contribution is 5.89. The molecule has 0 aliphatic rings. The van der Waals surface area contributed by atoms with E-state index in [1.807, 2.05) is 55.5 Å². The van der Waals surface area contributed by atoms with Gasteiger partial charge in [0, 0.05) is 18.7 Å². The number of carbonyl (C=O) groups excluding carboxylic acids is 2. The van der Waals surface area contributed by atoms with Gasteiger partial charge in [-0.3, -0.25) is 9.59 Å². The van der Waals surface area contributed by atoms with Gasteiger partial charge in [0.1, 0.15) is 5.75 Å². The summed E-state index contributed by atoms with van der Waals surface area (Å²) >= 11 is 0. The predicted molar refractivity (Wildman–Crippen MR) is 120 cm³/mol. The number of nitrogens with one attached hydrogen (secondary N) is 2. The third-order valence-corrected chi connectivity index (χ3v) is 4.75. The number of carbonyl (C=O) groups is 2. The van der Waals surface area contributed by atoms with Gasteiger partial charge in [0.25, 0.3) is 5.91 Å². The molecule has 0 bridgehead atoms. The summed E-state index contributed by atoms with van der Waals surface area (Å²) in [6, 6.07) is 15.3. The van der Waals surface area contributed by atoms with Crippen molar-refractivity contribution < 1.29 is 18.8 Å². The zero-order valence-corrected chi connectivity index (χ0v) is 18.8. The Kier molecular flexibility index (Phi) is 7.25. The van der Waals surface area contributed by atoms with Gasteiger partial charge >= 0.3 is 11.8 Å². The second kappa shape index (κ2) is 10.1. The molecular formula is C24H28N4O4. The van der Waals surface area contributed by atoms with Crippen LogP contribution in [0.4, 0.5) is 0 Å². The smallest absolute Gasteiger partial charge is 0.316 e. The number of nitrogens with zero attached hydrogens (tertiary/aromatic N) is 2. The molecule has 8 nitrogen and oxygen atoms in total. The Morgan fingerprint density at radius 3 is 2.28 bits per heavy atom. The van der Waals surface area contributed by atoms with E-state index in [1.54, 1.807) is 0 Å². The molecule has 0 fully saturated rings. The molecule has 168 valence electrons. The topological polar surface area (TPSA) is 106 Å². The van der Waals surface area contributed by atoms with Crippen LogP contribution >= 0.6 is 0 Å². The summed E-state index contributed by atoms with van der Waals surface area (Å²) in [4.78, 5) is 28.2. The molecule has 0 spiro atoms. The van der Waals surface area contributed by atoms with Crippen molar-refractivity contribution in [1.29, 1.82) is 0 Å². The number of ether oxygens (including phenoxy) is 1. The van der Waals surface area contributed by atoms with E-state index in [0.29, 0.717) is 11.6 Å². The minimum atomic E-state index is -0.500. The summed E-state index contributed by atoms with van der Waals surface area (Å²) in [5.41, 5.74) is 3.13. The van der Waals surface area contributed by atoms with Crippen LogP contribution < -0.4 is 15.4 Å². The summed E-state index contributed by atoms with van der Waals surface area (Å²) in [5, 5.41) is 9.15. The molecule has 2 amide bonds. The Hall–Kier alpha value is -3.68. The number of hydrogen-bond donors (Lipinski definition) is 2. The van der Waals surface area contributed by atoms with Gasteiger partial charge in [0.2, 0.25) is 5.82 Å². The van der Waals surface area contributed by atoms with Crippen LogP contribution in [0.2, 0.25) is 0 Å². The van der Waals surface area contributed by atoms with E-state index < -0.39 is 5.91 Å². The molecule has 3 aromatic rings. The van der Waals surface area contributed by atoms with Gasteiger partial charge in [-0.25, -0.2) is 0 Å². The van der Waals surface area contributed by atoms with E-state index in [1.165, 1.54) is 5.56 Å². The Morgan fingerprint density at radius 1 is 0.969 bits per heavy atom. The van der Waals surface area contributed by atoms with Gasteiger partial charge in [-0.1, -0.05) is 67.9 Å². The maximum absolute atomic E-state index is 12.2. The van der Waals surface area contributed by atoms with E-state index >= 15 is 0 Å². The third kappa shape index (κ3) is 6.41. The van der Waals surface area contributed by atoms with Crippen LogP contribution in [0.1, 0.15) is 42.6 Å². The first-order valence-electron chi connectivity index (χ1n) is 10.4. The van der Waals surface area contributed by atoms with Crippen molar-refractivity contribution >= 4 is 11.8 Å². The highest BCUT2D eigenvalue weighted by atomic mass is 16.5. The first-order chi connectivity index (χ1) is 15.2. The SMILES string of the molecule is Cc1ccc(-c2noc(C(=O)NCCNC(=O)COc3ccc(C(C)(C)C)cc3)n2)cc1. The molecule has 2 aromatic carbocycles. The van der Waals surface area contributed by atoms with Crippen molar-refractivity contribution in [2.75, 3.05) is 19.7 Å². The van der Waals surface area contributed by atoms with Crippen molar-refractivity contribution in [3.63, 3.8) is 0 Å². The standard InChI is InChI=1S/C24H28N4O4/c1-16-5-7-17(8-6-16)21-27-23(32-28-21)22(30)26-14-13-25-20(29)15-31-19-11-9-18(10-12-19)24(2,3)4/h5-12H,13-15H2,1-4H3,(H,25,29)(H,26,30). The largest absolute Gasteiger partial charge is 0.484 e. The van der Waals surface area contributed by atoms with Crippen molar-refractivity contribution in [1.82, 2.24) is 20.8 Å². The molecule has 1 heterocycles. The van der Waals surface area contributed by atoms with Crippen molar-refractivity contribution in [3.05, 3.63) is 65.5 Å². The van der Waals surface area contributed by atoms with Crippen LogP contribution in [-0.2, 0) is 10.2 Å². The average molecular weight is 437 g/mol. The number of hydrogen-bond acceptors (Lipinski definition) is 6. The minimum absolute atomic E-state index is 0.0593.